The zero-order chi connectivity index (χ0) is 16.7. The van der Waals surface area contributed by atoms with Crippen LogP contribution in [0.15, 0.2) is 48.5 Å². The molecule has 0 saturated heterocycles. The number of carbonyl (C=O) groups excluding carboxylic acids is 1. The number of alkyl halides is 2. The van der Waals surface area contributed by atoms with Gasteiger partial charge in [-0.1, -0.05) is 36.4 Å². The molecular formula is C17H18F2N2O2. The monoisotopic (exact) mass is 320 g/mol. The van der Waals surface area contributed by atoms with Gasteiger partial charge in [0.25, 0.3) is 0 Å². The molecule has 0 saturated carbocycles. The number of aryl methyl sites for hydroxylation is 1. The zero-order valence-electron chi connectivity index (χ0n) is 12.7. The summed E-state index contributed by atoms with van der Waals surface area (Å²) >= 11 is 0. The lowest BCUT2D eigenvalue weighted by Gasteiger charge is -2.10. The van der Waals surface area contributed by atoms with Crippen molar-refractivity contribution >= 4 is 6.03 Å². The number of halogens is 2. The Balaban J connectivity index is 1.81. The number of carbonyl (C=O) groups is 1. The number of benzene rings is 2. The van der Waals surface area contributed by atoms with Crippen molar-refractivity contribution in [3.8, 4) is 5.75 Å². The van der Waals surface area contributed by atoms with E-state index in [1.165, 1.54) is 12.1 Å². The summed E-state index contributed by atoms with van der Waals surface area (Å²) in [5, 5.41) is 5.43. The average molecular weight is 320 g/mol. The van der Waals surface area contributed by atoms with Crippen molar-refractivity contribution in [3.63, 3.8) is 0 Å². The molecule has 0 aliphatic carbocycles. The molecule has 0 spiro atoms. The Kier molecular flexibility index (Phi) is 5.91. The molecule has 2 rings (SSSR count). The van der Waals surface area contributed by atoms with Gasteiger partial charge in [-0.3, -0.25) is 0 Å². The quantitative estimate of drug-likeness (QED) is 0.854. The van der Waals surface area contributed by atoms with Crippen molar-refractivity contribution in [2.24, 2.45) is 0 Å². The maximum Gasteiger partial charge on any atom is 0.387 e. The highest BCUT2D eigenvalue weighted by Crippen LogP contribution is 2.15. The second kappa shape index (κ2) is 8.12. The van der Waals surface area contributed by atoms with Crippen LogP contribution in [-0.2, 0) is 13.1 Å². The minimum Gasteiger partial charge on any atom is -0.435 e. The summed E-state index contributed by atoms with van der Waals surface area (Å²) in [6, 6.07) is 13.7. The van der Waals surface area contributed by atoms with E-state index in [9.17, 15) is 13.6 Å². The van der Waals surface area contributed by atoms with Crippen LogP contribution in [0.5, 0.6) is 5.75 Å². The van der Waals surface area contributed by atoms with Crippen LogP contribution in [0.25, 0.3) is 0 Å². The molecular weight excluding hydrogens is 302 g/mol. The fourth-order valence-corrected chi connectivity index (χ4v) is 2.06. The maximum atomic E-state index is 12.2. The number of ether oxygens (including phenoxy) is 1. The molecule has 2 N–H and O–H groups in total. The second-order valence-corrected chi connectivity index (χ2v) is 4.99. The Morgan fingerprint density at radius 2 is 1.83 bits per heavy atom. The van der Waals surface area contributed by atoms with Gasteiger partial charge in [0.2, 0.25) is 0 Å². The first-order chi connectivity index (χ1) is 11.0. The van der Waals surface area contributed by atoms with Crippen LogP contribution in [0.4, 0.5) is 13.6 Å². The number of hydrogen-bond acceptors (Lipinski definition) is 2. The molecule has 0 radical (unpaired) electrons. The highest BCUT2D eigenvalue weighted by atomic mass is 19.3. The Labute approximate surface area is 133 Å². The zero-order valence-corrected chi connectivity index (χ0v) is 12.7. The van der Waals surface area contributed by atoms with E-state index in [4.69, 9.17) is 0 Å². The highest BCUT2D eigenvalue weighted by molar-refractivity contribution is 5.73. The van der Waals surface area contributed by atoms with E-state index in [1.54, 1.807) is 12.1 Å². The molecule has 2 aromatic carbocycles. The summed E-state index contributed by atoms with van der Waals surface area (Å²) in [6.45, 7) is -0.244. The van der Waals surface area contributed by atoms with E-state index in [1.807, 2.05) is 31.2 Å². The first-order valence-electron chi connectivity index (χ1n) is 7.14. The van der Waals surface area contributed by atoms with Crippen LogP contribution < -0.4 is 15.4 Å². The van der Waals surface area contributed by atoms with Gasteiger partial charge in [0.1, 0.15) is 5.75 Å². The normalized spacial score (nSPS) is 10.4. The largest absolute Gasteiger partial charge is 0.435 e. The molecule has 0 atom stereocenters. The summed E-state index contributed by atoms with van der Waals surface area (Å²) in [5.74, 6) is 0.0691. The molecule has 0 heterocycles. The lowest BCUT2D eigenvalue weighted by Crippen LogP contribution is -2.34. The number of urea groups is 1. The van der Waals surface area contributed by atoms with Crippen molar-refractivity contribution in [2.75, 3.05) is 0 Å². The second-order valence-electron chi connectivity index (χ2n) is 4.99. The molecule has 0 aliphatic rings. The molecule has 23 heavy (non-hydrogen) atoms. The highest BCUT2D eigenvalue weighted by Gasteiger charge is 2.06. The molecule has 0 fully saturated rings. The van der Waals surface area contributed by atoms with Crippen molar-refractivity contribution in [3.05, 3.63) is 65.2 Å². The van der Waals surface area contributed by atoms with Crippen molar-refractivity contribution < 1.29 is 18.3 Å². The van der Waals surface area contributed by atoms with Gasteiger partial charge in [-0.05, 0) is 35.7 Å². The van der Waals surface area contributed by atoms with Gasteiger partial charge in [0.05, 0.1) is 0 Å². The van der Waals surface area contributed by atoms with Crippen LogP contribution in [0.2, 0.25) is 0 Å². The molecule has 2 aromatic rings. The number of amides is 2. The van der Waals surface area contributed by atoms with Crippen LogP contribution in [0.1, 0.15) is 16.7 Å². The third kappa shape index (κ3) is 5.58. The van der Waals surface area contributed by atoms with Crippen molar-refractivity contribution in [2.45, 2.75) is 26.6 Å². The predicted molar refractivity (Wildman–Crippen MR) is 83.3 cm³/mol. The van der Waals surface area contributed by atoms with Gasteiger partial charge in [0, 0.05) is 13.1 Å². The number of hydrogen-bond donors (Lipinski definition) is 2. The van der Waals surface area contributed by atoms with E-state index in [-0.39, 0.29) is 18.3 Å². The topological polar surface area (TPSA) is 50.4 Å². The van der Waals surface area contributed by atoms with Gasteiger partial charge >= 0.3 is 12.6 Å². The molecule has 2 amide bonds. The number of nitrogens with one attached hydrogen (secondary N) is 2. The summed E-state index contributed by atoms with van der Waals surface area (Å²) in [6.07, 6.45) is 0. The molecule has 122 valence electrons. The van der Waals surface area contributed by atoms with Crippen LogP contribution in [0.3, 0.4) is 0 Å². The Morgan fingerprint density at radius 3 is 2.57 bits per heavy atom. The lowest BCUT2D eigenvalue weighted by atomic mass is 10.1. The average Bonchev–Trinajstić information content (AvgIpc) is 2.52. The van der Waals surface area contributed by atoms with Crippen LogP contribution in [0, 0.1) is 6.92 Å². The summed E-state index contributed by atoms with van der Waals surface area (Å²) in [4.78, 5) is 11.8. The van der Waals surface area contributed by atoms with Crippen molar-refractivity contribution in [1.29, 1.82) is 0 Å². The van der Waals surface area contributed by atoms with E-state index in [0.717, 1.165) is 11.1 Å². The Bertz CT molecular complexity index is 663. The van der Waals surface area contributed by atoms with E-state index >= 15 is 0 Å². The fraction of sp³-hybridized carbons (Fsp3) is 0.235. The molecule has 0 aliphatic heterocycles. The lowest BCUT2D eigenvalue weighted by molar-refractivity contribution is -0.0498. The van der Waals surface area contributed by atoms with E-state index < -0.39 is 6.61 Å². The van der Waals surface area contributed by atoms with Gasteiger partial charge in [-0.15, -0.1) is 0 Å². The summed E-state index contributed by atoms with van der Waals surface area (Å²) in [7, 11) is 0. The third-order valence-electron chi connectivity index (χ3n) is 3.28. The summed E-state index contributed by atoms with van der Waals surface area (Å²) < 4.78 is 28.6. The molecule has 0 bridgehead atoms. The molecule has 6 heteroatoms. The van der Waals surface area contributed by atoms with E-state index in [2.05, 4.69) is 15.4 Å². The van der Waals surface area contributed by atoms with Gasteiger partial charge in [-0.2, -0.15) is 8.78 Å². The summed E-state index contributed by atoms with van der Waals surface area (Å²) in [5.41, 5.74) is 2.81. The van der Waals surface area contributed by atoms with Crippen LogP contribution in [-0.4, -0.2) is 12.6 Å². The molecule has 0 unspecified atom stereocenters. The first-order valence-corrected chi connectivity index (χ1v) is 7.14. The Morgan fingerprint density at radius 1 is 1.09 bits per heavy atom. The number of rotatable bonds is 6. The minimum absolute atomic E-state index is 0.0691. The Hall–Kier alpha value is -2.63. The van der Waals surface area contributed by atoms with Gasteiger partial charge in [-0.25, -0.2) is 4.79 Å². The fourth-order valence-electron chi connectivity index (χ4n) is 2.06. The van der Waals surface area contributed by atoms with Crippen molar-refractivity contribution in [1.82, 2.24) is 10.6 Å². The van der Waals surface area contributed by atoms with E-state index in [0.29, 0.717) is 12.1 Å². The third-order valence-corrected chi connectivity index (χ3v) is 3.28. The maximum absolute atomic E-state index is 12.2. The first kappa shape index (κ1) is 16.7. The smallest absolute Gasteiger partial charge is 0.387 e. The molecule has 0 aromatic heterocycles. The van der Waals surface area contributed by atoms with Gasteiger partial charge in [0.15, 0.2) is 0 Å². The van der Waals surface area contributed by atoms with Gasteiger partial charge < -0.3 is 15.4 Å². The minimum atomic E-state index is -2.87. The molecule has 4 nitrogen and oxygen atoms in total. The predicted octanol–water partition coefficient (Wildman–Crippen LogP) is 3.60. The van der Waals surface area contributed by atoms with Crippen LogP contribution >= 0.6 is 0 Å². The SMILES string of the molecule is Cc1ccccc1CNC(=O)NCc1cccc(OC(F)F)c1. The standard InChI is InChI=1S/C17H18F2N2O2/c1-12-5-2-3-7-14(12)11-21-17(22)20-10-13-6-4-8-15(9-13)23-16(18)19/h2-9,16H,10-11H2,1H3,(H2,20,21,22).